The Morgan fingerprint density at radius 1 is 1.32 bits per heavy atom. The van der Waals surface area contributed by atoms with Crippen molar-refractivity contribution in [1.29, 1.82) is 0 Å². The van der Waals surface area contributed by atoms with Crippen molar-refractivity contribution in [2.24, 2.45) is 0 Å². The molecule has 0 spiro atoms. The van der Waals surface area contributed by atoms with E-state index in [1.54, 1.807) is 6.07 Å². The second kappa shape index (κ2) is 4.81. The molecule has 1 amide bonds. The lowest BCUT2D eigenvalue weighted by atomic mass is 10.1. The summed E-state index contributed by atoms with van der Waals surface area (Å²) in [6.45, 7) is 3.54. The number of carbonyl (C=O) groups excluding carboxylic acids is 1. The van der Waals surface area contributed by atoms with Crippen molar-refractivity contribution in [2.75, 3.05) is 31.9 Å². The third kappa shape index (κ3) is 2.30. The lowest BCUT2D eigenvalue weighted by Crippen LogP contribution is -2.52. The minimum Gasteiger partial charge on any atom is -0.396 e. The van der Waals surface area contributed by atoms with Gasteiger partial charge < -0.3 is 10.6 Å². The Balaban J connectivity index is 1.74. The normalized spacial score (nSPS) is 23.4. The number of nitrogens with two attached hydrogens (primary N) is 1. The number of fused-ring (bicyclic) bond motifs is 1. The maximum Gasteiger partial charge on any atom is 0.254 e. The predicted octanol–water partition coefficient (Wildman–Crippen LogP) is 1.33. The van der Waals surface area contributed by atoms with E-state index in [1.807, 2.05) is 4.90 Å². The van der Waals surface area contributed by atoms with Crippen LogP contribution >= 0.6 is 0 Å². The van der Waals surface area contributed by atoms with Crippen LogP contribution in [0.2, 0.25) is 0 Å². The third-order valence-corrected chi connectivity index (χ3v) is 4.12. The zero-order valence-corrected chi connectivity index (χ0v) is 10.8. The quantitative estimate of drug-likeness (QED) is 0.778. The maximum atomic E-state index is 13.4. The molecule has 2 aliphatic rings. The first-order valence-electron chi connectivity index (χ1n) is 6.73. The Morgan fingerprint density at radius 2 is 2.16 bits per heavy atom. The second-order valence-corrected chi connectivity index (χ2v) is 5.32. The summed E-state index contributed by atoms with van der Waals surface area (Å²) in [6, 6.07) is 4.77. The fourth-order valence-corrected chi connectivity index (χ4v) is 3.02. The van der Waals surface area contributed by atoms with Gasteiger partial charge in [0.1, 0.15) is 5.82 Å². The van der Waals surface area contributed by atoms with E-state index in [-0.39, 0.29) is 11.6 Å². The van der Waals surface area contributed by atoms with Crippen LogP contribution in [0.15, 0.2) is 18.2 Å². The van der Waals surface area contributed by atoms with Gasteiger partial charge in [-0.2, -0.15) is 0 Å². The summed E-state index contributed by atoms with van der Waals surface area (Å²) in [7, 11) is 0. The zero-order valence-electron chi connectivity index (χ0n) is 10.8. The molecule has 2 heterocycles. The van der Waals surface area contributed by atoms with E-state index in [2.05, 4.69) is 4.90 Å². The van der Waals surface area contributed by atoms with E-state index in [9.17, 15) is 9.18 Å². The maximum absolute atomic E-state index is 13.4. The van der Waals surface area contributed by atoms with Gasteiger partial charge in [0.05, 0.1) is 5.69 Å². The van der Waals surface area contributed by atoms with Crippen LogP contribution < -0.4 is 5.73 Å². The molecule has 0 aromatic heterocycles. The molecule has 1 atom stereocenters. The Morgan fingerprint density at radius 3 is 2.95 bits per heavy atom. The van der Waals surface area contributed by atoms with E-state index < -0.39 is 5.82 Å². The van der Waals surface area contributed by atoms with E-state index in [4.69, 9.17) is 5.73 Å². The molecule has 0 saturated carbocycles. The number of amides is 1. The van der Waals surface area contributed by atoms with Gasteiger partial charge in [-0.15, -0.1) is 0 Å². The Hall–Kier alpha value is -1.62. The summed E-state index contributed by atoms with van der Waals surface area (Å²) in [5, 5.41) is 0. The first-order chi connectivity index (χ1) is 9.15. The number of benzene rings is 1. The molecule has 2 fully saturated rings. The summed E-state index contributed by atoms with van der Waals surface area (Å²) in [5.74, 6) is -0.615. The molecule has 2 N–H and O–H groups in total. The summed E-state index contributed by atoms with van der Waals surface area (Å²) >= 11 is 0. The first kappa shape index (κ1) is 12.4. The van der Waals surface area contributed by atoms with Gasteiger partial charge >= 0.3 is 0 Å². The molecule has 1 aromatic carbocycles. The summed E-state index contributed by atoms with van der Waals surface area (Å²) in [5.41, 5.74) is 5.90. The van der Waals surface area contributed by atoms with E-state index in [0.717, 1.165) is 32.6 Å². The number of hydrogen-bond donors (Lipinski definition) is 1. The average molecular weight is 263 g/mol. The fraction of sp³-hybridized carbons (Fsp3) is 0.500. The van der Waals surface area contributed by atoms with Crippen molar-refractivity contribution in [2.45, 2.75) is 18.9 Å². The molecular weight excluding hydrogens is 245 g/mol. The van der Waals surface area contributed by atoms with Crippen LogP contribution in [0.1, 0.15) is 23.2 Å². The fourth-order valence-electron chi connectivity index (χ4n) is 3.02. The van der Waals surface area contributed by atoms with Crippen molar-refractivity contribution in [3.05, 3.63) is 29.6 Å². The van der Waals surface area contributed by atoms with Gasteiger partial charge in [-0.3, -0.25) is 9.69 Å². The molecule has 1 aromatic rings. The van der Waals surface area contributed by atoms with Crippen LogP contribution in [0.4, 0.5) is 10.1 Å². The highest BCUT2D eigenvalue weighted by molar-refractivity contribution is 5.94. The van der Waals surface area contributed by atoms with Gasteiger partial charge in [0.25, 0.3) is 5.91 Å². The lowest BCUT2D eigenvalue weighted by Gasteiger charge is -2.37. The van der Waals surface area contributed by atoms with Crippen LogP contribution in [0, 0.1) is 5.82 Å². The molecule has 0 aliphatic carbocycles. The molecule has 2 saturated heterocycles. The van der Waals surface area contributed by atoms with E-state index in [0.29, 0.717) is 11.6 Å². The number of nitrogen functional groups attached to an aromatic ring is 1. The van der Waals surface area contributed by atoms with Crippen LogP contribution in [0.3, 0.4) is 0 Å². The highest BCUT2D eigenvalue weighted by atomic mass is 19.1. The molecule has 0 radical (unpaired) electrons. The Labute approximate surface area is 112 Å². The minimum absolute atomic E-state index is 0.0807. The zero-order chi connectivity index (χ0) is 13.4. The third-order valence-electron chi connectivity index (χ3n) is 4.12. The summed E-state index contributed by atoms with van der Waals surface area (Å²) in [4.78, 5) is 16.6. The molecule has 19 heavy (non-hydrogen) atoms. The summed E-state index contributed by atoms with van der Waals surface area (Å²) < 4.78 is 13.4. The number of nitrogens with zero attached hydrogens (tertiary/aromatic N) is 2. The van der Waals surface area contributed by atoms with E-state index in [1.165, 1.54) is 18.6 Å². The average Bonchev–Trinajstić information content (AvgIpc) is 2.88. The molecule has 0 bridgehead atoms. The van der Waals surface area contributed by atoms with Gasteiger partial charge in [-0.1, -0.05) is 0 Å². The van der Waals surface area contributed by atoms with Gasteiger partial charge in [0.15, 0.2) is 0 Å². The number of halogens is 1. The topological polar surface area (TPSA) is 49.6 Å². The van der Waals surface area contributed by atoms with Crippen LogP contribution in [-0.4, -0.2) is 47.9 Å². The van der Waals surface area contributed by atoms with Crippen molar-refractivity contribution < 1.29 is 9.18 Å². The Kier molecular flexibility index (Phi) is 3.14. The lowest BCUT2D eigenvalue weighted by molar-refractivity contribution is 0.0571. The highest BCUT2D eigenvalue weighted by Gasteiger charge is 2.32. The number of carbonyl (C=O) groups is 1. The predicted molar refractivity (Wildman–Crippen MR) is 71.3 cm³/mol. The van der Waals surface area contributed by atoms with Crippen molar-refractivity contribution in [3.8, 4) is 0 Å². The molecule has 5 heteroatoms. The number of hydrogen-bond acceptors (Lipinski definition) is 3. The van der Waals surface area contributed by atoms with Gasteiger partial charge in [0.2, 0.25) is 0 Å². The SMILES string of the molecule is Nc1ccc(C(=O)N2CCN3CCCC3C2)cc1F. The van der Waals surface area contributed by atoms with Crippen molar-refractivity contribution in [1.82, 2.24) is 9.80 Å². The van der Waals surface area contributed by atoms with Crippen molar-refractivity contribution in [3.63, 3.8) is 0 Å². The van der Waals surface area contributed by atoms with E-state index >= 15 is 0 Å². The standard InChI is InChI=1S/C14H18FN3O/c15-12-8-10(3-4-13(12)16)14(19)18-7-6-17-5-1-2-11(17)9-18/h3-4,8,11H,1-2,5-7,9,16H2. The number of rotatable bonds is 1. The van der Waals surface area contributed by atoms with Gasteiger partial charge in [-0.05, 0) is 37.6 Å². The smallest absolute Gasteiger partial charge is 0.254 e. The monoisotopic (exact) mass is 263 g/mol. The molecule has 3 rings (SSSR count). The summed E-state index contributed by atoms with van der Waals surface area (Å²) in [6.07, 6.45) is 2.36. The molecule has 2 aliphatic heterocycles. The van der Waals surface area contributed by atoms with Gasteiger partial charge in [0, 0.05) is 31.2 Å². The Bertz CT molecular complexity index is 505. The van der Waals surface area contributed by atoms with Gasteiger partial charge in [-0.25, -0.2) is 4.39 Å². The molecular formula is C14H18FN3O. The van der Waals surface area contributed by atoms with Crippen molar-refractivity contribution >= 4 is 11.6 Å². The van der Waals surface area contributed by atoms with Crippen LogP contribution in [0.25, 0.3) is 0 Å². The number of anilines is 1. The minimum atomic E-state index is -0.523. The van der Waals surface area contributed by atoms with Crippen LogP contribution in [0.5, 0.6) is 0 Å². The highest BCUT2D eigenvalue weighted by Crippen LogP contribution is 2.23. The van der Waals surface area contributed by atoms with Crippen LogP contribution in [-0.2, 0) is 0 Å². The second-order valence-electron chi connectivity index (χ2n) is 5.32. The molecule has 102 valence electrons. The molecule has 1 unspecified atom stereocenters. The number of piperazine rings is 1. The molecule has 4 nitrogen and oxygen atoms in total. The largest absolute Gasteiger partial charge is 0.396 e. The first-order valence-corrected chi connectivity index (χ1v) is 6.73.